The van der Waals surface area contributed by atoms with Crippen LogP contribution in [0.3, 0.4) is 0 Å². The maximum absolute atomic E-state index is 10.0. The predicted octanol–water partition coefficient (Wildman–Crippen LogP) is 2.34. The molecule has 1 aliphatic carbocycles. The largest absolute Gasteiger partial charge is 0.504 e. The second-order valence-electron chi connectivity index (χ2n) is 3.94. The Bertz CT molecular complexity index is 411. The second kappa shape index (κ2) is 3.29. The Morgan fingerprint density at radius 2 is 2.07 bits per heavy atom. The third-order valence-corrected chi connectivity index (χ3v) is 3.26. The van der Waals surface area contributed by atoms with E-state index in [1.165, 1.54) is 7.11 Å². The number of rotatable bonds is 2. The molecule has 2 rings (SSSR count). The smallest absolute Gasteiger partial charge is 0.164 e. The van der Waals surface area contributed by atoms with Gasteiger partial charge in [-0.1, -0.05) is 11.6 Å². The Balaban J connectivity index is 2.65. The van der Waals surface area contributed by atoms with Crippen LogP contribution in [0.5, 0.6) is 11.5 Å². The van der Waals surface area contributed by atoms with E-state index in [1.54, 1.807) is 13.0 Å². The Hall–Kier alpha value is -0.930. The fourth-order valence-electron chi connectivity index (χ4n) is 1.81. The molecule has 0 radical (unpaired) electrons. The lowest BCUT2D eigenvalue weighted by Gasteiger charge is -2.17. The molecule has 1 aliphatic rings. The minimum Gasteiger partial charge on any atom is -0.504 e. The normalized spacial score (nSPS) is 17.6. The van der Waals surface area contributed by atoms with Gasteiger partial charge in [-0.2, -0.15) is 0 Å². The van der Waals surface area contributed by atoms with E-state index in [2.05, 4.69) is 0 Å². The van der Waals surface area contributed by atoms with E-state index in [0.29, 0.717) is 29.2 Å². The van der Waals surface area contributed by atoms with E-state index in [9.17, 15) is 10.2 Å². The van der Waals surface area contributed by atoms with Gasteiger partial charge in [0.15, 0.2) is 11.5 Å². The number of methoxy groups -OCH3 is 1. The monoisotopic (exact) mass is 228 g/mol. The molecule has 0 saturated heterocycles. The van der Waals surface area contributed by atoms with Gasteiger partial charge in [0.25, 0.3) is 0 Å². The van der Waals surface area contributed by atoms with Crippen molar-refractivity contribution in [3.05, 3.63) is 22.2 Å². The summed E-state index contributed by atoms with van der Waals surface area (Å²) in [7, 11) is 1.46. The van der Waals surface area contributed by atoms with Crippen molar-refractivity contribution in [1.29, 1.82) is 0 Å². The molecule has 4 heteroatoms. The Labute approximate surface area is 93.3 Å². The number of benzene rings is 1. The zero-order valence-electron chi connectivity index (χ0n) is 8.67. The van der Waals surface area contributed by atoms with E-state index in [4.69, 9.17) is 16.3 Å². The molecule has 0 amide bonds. The van der Waals surface area contributed by atoms with Crippen LogP contribution in [0, 0.1) is 6.92 Å². The molecule has 3 nitrogen and oxygen atoms in total. The molecule has 0 bridgehead atoms. The summed E-state index contributed by atoms with van der Waals surface area (Å²) < 4.78 is 5.00. The minimum atomic E-state index is -0.910. The molecule has 1 saturated carbocycles. The topological polar surface area (TPSA) is 49.7 Å². The summed E-state index contributed by atoms with van der Waals surface area (Å²) in [6.45, 7) is 1.78. The standard InChI is InChI=1S/C11H13ClO3/c1-6-7(12)5-8(15-2)10(13)9(6)11(14)3-4-11/h5,13-14H,3-4H2,1-2H3. The first kappa shape index (κ1) is 10.6. The number of phenols is 1. The van der Waals surface area contributed by atoms with Crippen molar-refractivity contribution in [3.8, 4) is 11.5 Å². The van der Waals surface area contributed by atoms with Crippen LogP contribution in [0.15, 0.2) is 6.07 Å². The van der Waals surface area contributed by atoms with Gasteiger partial charge < -0.3 is 14.9 Å². The van der Waals surface area contributed by atoms with Gasteiger partial charge in [-0.25, -0.2) is 0 Å². The highest BCUT2D eigenvalue weighted by molar-refractivity contribution is 6.31. The van der Waals surface area contributed by atoms with Crippen LogP contribution in [0.2, 0.25) is 5.02 Å². The Morgan fingerprint density at radius 1 is 1.47 bits per heavy atom. The molecular weight excluding hydrogens is 216 g/mol. The summed E-state index contributed by atoms with van der Waals surface area (Å²) in [5, 5.41) is 20.5. The van der Waals surface area contributed by atoms with Crippen molar-refractivity contribution < 1.29 is 14.9 Å². The molecule has 0 unspecified atom stereocenters. The Kier molecular flexibility index (Phi) is 2.32. The molecule has 82 valence electrons. The van der Waals surface area contributed by atoms with Gasteiger partial charge in [-0.05, 0) is 25.3 Å². The third kappa shape index (κ3) is 1.56. The number of phenolic OH excluding ortho intramolecular Hbond substituents is 1. The van der Waals surface area contributed by atoms with Crippen molar-refractivity contribution in [3.63, 3.8) is 0 Å². The fourth-order valence-corrected chi connectivity index (χ4v) is 2.00. The van der Waals surface area contributed by atoms with E-state index in [1.807, 2.05) is 0 Å². The van der Waals surface area contributed by atoms with Crippen molar-refractivity contribution in [2.24, 2.45) is 0 Å². The molecule has 15 heavy (non-hydrogen) atoms. The molecule has 1 aromatic carbocycles. The zero-order chi connectivity index (χ0) is 11.2. The number of aliphatic hydroxyl groups is 1. The Morgan fingerprint density at radius 3 is 2.53 bits per heavy atom. The molecule has 1 fully saturated rings. The third-order valence-electron chi connectivity index (χ3n) is 2.87. The maximum atomic E-state index is 10.0. The first-order valence-electron chi connectivity index (χ1n) is 4.78. The summed E-state index contributed by atoms with van der Waals surface area (Å²) >= 11 is 6.00. The fraction of sp³-hybridized carbons (Fsp3) is 0.455. The number of aromatic hydroxyl groups is 1. The van der Waals surface area contributed by atoms with Crippen molar-refractivity contribution in [2.45, 2.75) is 25.4 Å². The number of ether oxygens (including phenoxy) is 1. The highest BCUT2D eigenvalue weighted by Crippen LogP contribution is 2.53. The van der Waals surface area contributed by atoms with E-state index in [0.717, 1.165) is 5.56 Å². The molecule has 0 aromatic heterocycles. The van der Waals surface area contributed by atoms with Gasteiger partial charge in [0, 0.05) is 16.7 Å². The second-order valence-corrected chi connectivity index (χ2v) is 4.35. The van der Waals surface area contributed by atoms with E-state index in [-0.39, 0.29) is 5.75 Å². The zero-order valence-corrected chi connectivity index (χ0v) is 9.43. The van der Waals surface area contributed by atoms with E-state index >= 15 is 0 Å². The molecule has 0 atom stereocenters. The molecule has 0 heterocycles. The predicted molar refractivity (Wildman–Crippen MR) is 57.5 cm³/mol. The van der Waals surface area contributed by atoms with Gasteiger partial charge in [-0.15, -0.1) is 0 Å². The highest BCUT2D eigenvalue weighted by Gasteiger charge is 2.46. The van der Waals surface area contributed by atoms with Crippen LogP contribution < -0.4 is 4.74 Å². The molecule has 0 spiro atoms. The van der Waals surface area contributed by atoms with Gasteiger partial charge in [0.05, 0.1) is 12.7 Å². The van der Waals surface area contributed by atoms with Crippen LogP contribution in [0.25, 0.3) is 0 Å². The average Bonchev–Trinajstić information content (AvgIpc) is 2.91. The van der Waals surface area contributed by atoms with Gasteiger partial charge in [-0.3, -0.25) is 0 Å². The number of hydrogen-bond donors (Lipinski definition) is 2. The molecule has 1 aromatic rings. The lowest BCUT2D eigenvalue weighted by atomic mass is 10.00. The molecular formula is C11H13ClO3. The first-order chi connectivity index (χ1) is 6.99. The minimum absolute atomic E-state index is 0.000556. The van der Waals surface area contributed by atoms with Crippen LogP contribution in [-0.4, -0.2) is 17.3 Å². The van der Waals surface area contributed by atoms with Gasteiger partial charge in [0.2, 0.25) is 0 Å². The van der Waals surface area contributed by atoms with Crippen molar-refractivity contribution >= 4 is 11.6 Å². The molecule has 0 aliphatic heterocycles. The first-order valence-corrected chi connectivity index (χ1v) is 5.16. The molecule has 2 N–H and O–H groups in total. The van der Waals surface area contributed by atoms with E-state index < -0.39 is 5.60 Å². The summed E-state index contributed by atoms with van der Waals surface area (Å²) in [4.78, 5) is 0. The summed E-state index contributed by atoms with van der Waals surface area (Å²) in [5.41, 5.74) is 0.314. The number of halogens is 1. The summed E-state index contributed by atoms with van der Waals surface area (Å²) in [6.07, 6.45) is 1.32. The van der Waals surface area contributed by atoms with Crippen LogP contribution in [-0.2, 0) is 5.60 Å². The van der Waals surface area contributed by atoms with Crippen LogP contribution in [0.4, 0.5) is 0 Å². The van der Waals surface area contributed by atoms with Gasteiger partial charge in [0.1, 0.15) is 0 Å². The lowest BCUT2D eigenvalue weighted by Crippen LogP contribution is -2.08. The summed E-state index contributed by atoms with van der Waals surface area (Å²) in [5.74, 6) is 0.306. The number of hydrogen-bond acceptors (Lipinski definition) is 3. The summed E-state index contributed by atoms with van der Waals surface area (Å²) in [6, 6.07) is 1.56. The highest BCUT2D eigenvalue weighted by atomic mass is 35.5. The average molecular weight is 229 g/mol. The lowest BCUT2D eigenvalue weighted by molar-refractivity contribution is 0.146. The van der Waals surface area contributed by atoms with Crippen molar-refractivity contribution in [1.82, 2.24) is 0 Å². The quantitative estimate of drug-likeness (QED) is 0.817. The SMILES string of the molecule is COc1cc(Cl)c(C)c(C2(O)CC2)c1O. The van der Waals surface area contributed by atoms with Crippen LogP contribution >= 0.6 is 11.6 Å². The van der Waals surface area contributed by atoms with Crippen molar-refractivity contribution in [2.75, 3.05) is 7.11 Å². The van der Waals surface area contributed by atoms with Crippen LogP contribution in [0.1, 0.15) is 24.0 Å². The maximum Gasteiger partial charge on any atom is 0.164 e. The van der Waals surface area contributed by atoms with Gasteiger partial charge >= 0.3 is 0 Å².